The van der Waals surface area contributed by atoms with Crippen molar-refractivity contribution in [2.75, 3.05) is 4.90 Å². The number of amides is 2. The number of hydrogen-bond acceptors (Lipinski definition) is 4. The number of benzene rings is 2. The lowest BCUT2D eigenvalue weighted by atomic mass is 9.89. The van der Waals surface area contributed by atoms with Gasteiger partial charge in [0.2, 0.25) is 5.91 Å². The van der Waals surface area contributed by atoms with Gasteiger partial charge in [0.05, 0.1) is 10.2 Å². The van der Waals surface area contributed by atoms with Gasteiger partial charge in [0.15, 0.2) is 6.10 Å². The van der Waals surface area contributed by atoms with Gasteiger partial charge in [-0.05, 0) is 70.0 Å². The van der Waals surface area contributed by atoms with E-state index in [0.717, 1.165) is 15.4 Å². The maximum absolute atomic E-state index is 13.7. The van der Waals surface area contributed by atoms with Crippen LogP contribution < -0.4 is 4.90 Å². The zero-order valence-corrected chi connectivity index (χ0v) is 22.3. The first-order valence-electron chi connectivity index (χ1n) is 12.1. The van der Waals surface area contributed by atoms with Crippen molar-refractivity contribution >= 4 is 27.9 Å². The number of nitrogens with zero attached hydrogens (tertiary/aromatic N) is 2. The number of aryl methyl sites for hydroxylation is 1. The lowest BCUT2D eigenvalue weighted by molar-refractivity contribution is -0.127. The molecule has 1 aromatic heterocycles. The van der Waals surface area contributed by atoms with Crippen LogP contribution in [0.2, 0.25) is 0 Å². The summed E-state index contributed by atoms with van der Waals surface area (Å²) >= 11 is 0. The normalized spacial score (nSPS) is 25.6. The van der Waals surface area contributed by atoms with E-state index >= 15 is 0 Å². The number of pyridine rings is 1. The molecule has 0 N–H and O–H groups in total. The van der Waals surface area contributed by atoms with Gasteiger partial charge in [-0.1, -0.05) is 66.6 Å². The van der Waals surface area contributed by atoms with Crippen molar-refractivity contribution in [2.45, 2.75) is 69.1 Å². The molecule has 35 heavy (non-hydrogen) atoms. The summed E-state index contributed by atoms with van der Waals surface area (Å²) in [6.45, 7) is 13.9. The molecule has 3 heterocycles. The summed E-state index contributed by atoms with van der Waals surface area (Å²) in [4.78, 5) is 34.9. The molecule has 1 fully saturated rings. The van der Waals surface area contributed by atoms with E-state index in [1.807, 2.05) is 57.2 Å². The fourth-order valence-electron chi connectivity index (χ4n) is 4.90. The van der Waals surface area contributed by atoms with Crippen molar-refractivity contribution in [1.29, 1.82) is 0 Å². The standard InChI is InChI=1S/C27H28N2O3S.C2H6/c1-18-15-16-22(28-17-18)29-24(30)23(26(2,3)25(29)31)32-33(19-11-7-6-8-12-19)21-14-10-9-13-20(21)27(33,4)5;1-2/h6-17,23H,1-5H3;1-2H3. The Bertz CT molecular complexity index is 1250. The third-order valence-electron chi connectivity index (χ3n) is 6.86. The van der Waals surface area contributed by atoms with Gasteiger partial charge < -0.3 is 4.18 Å². The second-order valence-corrected chi connectivity index (χ2v) is 13.0. The average molecular weight is 491 g/mol. The van der Waals surface area contributed by atoms with Crippen LogP contribution in [-0.2, 0) is 18.5 Å². The molecule has 2 amide bonds. The lowest BCUT2D eigenvalue weighted by Gasteiger charge is -2.62. The van der Waals surface area contributed by atoms with Gasteiger partial charge in [-0.15, -0.1) is 0 Å². The molecule has 0 bridgehead atoms. The summed E-state index contributed by atoms with van der Waals surface area (Å²) in [6, 6.07) is 22.0. The molecule has 6 heteroatoms. The number of hydrogen-bond donors (Lipinski definition) is 0. The SMILES string of the molecule is CC.Cc1ccc(N2C(=O)C(OS3(c4ccccc4)c4ccccc4C3(C)C)C(C)(C)C2=O)nc1. The summed E-state index contributed by atoms with van der Waals surface area (Å²) in [5.74, 6) is -0.307. The highest BCUT2D eigenvalue weighted by Crippen LogP contribution is 2.84. The third-order valence-corrected chi connectivity index (χ3v) is 10.9. The van der Waals surface area contributed by atoms with Crippen LogP contribution >= 0.6 is 10.3 Å². The molecule has 0 aliphatic carbocycles. The minimum atomic E-state index is -2.06. The number of carbonyl (C=O) groups excluding carboxylic acids is 2. The van der Waals surface area contributed by atoms with Crippen molar-refractivity contribution in [3.63, 3.8) is 0 Å². The molecule has 2 atom stereocenters. The predicted octanol–water partition coefficient (Wildman–Crippen LogP) is 6.79. The monoisotopic (exact) mass is 490 g/mol. The molecule has 3 aromatic rings. The molecule has 0 spiro atoms. The van der Waals surface area contributed by atoms with Gasteiger partial charge in [-0.25, -0.2) is 9.88 Å². The topological polar surface area (TPSA) is 59.5 Å². The second kappa shape index (κ2) is 8.92. The van der Waals surface area contributed by atoms with Gasteiger partial charge in [0.1, 0.15) is 5.82 Å². The van der Waals surface area contributed by atoms with Gasteiger partial charge >= 0.3 is 0 Å². The zero-order valence-electron chi connectivity index (χ0n) is 21.5. The molecule has 0 saturated carbocycles. The maximum atomic E-state index is 13.7. The largest absolute Gasteiger partial charge is 0.313 e. The first-order valence-corrected chi connectivity index (χ1v) is 13.6. The third kappa shape index (κ3) is 3.54. The summed E-state index contributed by atoms with van der Waals surface area (Å²) in [5.41, 5.74) is 1.15. The van der Waals surface area contributed by atoms with Crippen LogP contribution in [0, 0.1) is 12.3 Å². The van der Waals surface area contributed by atoms with E-state index in [4.69, 9.17) is 4.18 Å². The Morgan fingerprint density at radius 2 is 1.51 bits per heavy atom. The summed E-state index contributed by atoms with van der Waals surface area (Å²) in [5, 5.41) is 0. The second-order valence-electron chi connectivity index (χ2n) is 9.75. The Labute approximate surface area is 210 Å². The minimum absolute atomic E-state index is 0.290. The summed E-state index contributed by atoms with van der Waals surface area (Å²) in [6.07, 6.45) is 0.745. The number of rotatable bonds is 4. The summed E-state index contributed by atoms with van der Waals surface area (Å²) < 4.78 is 6.66. The van der Waals surface area contributed by atoms with E-state index in [-0.39, 0.29) is 16.6 Å². The Morgan fingerprint density at radius 1 is 0.886 bits per heavy atom. The molecular formula is C29H34N2O3S. The van der Waals surface area contributed by atoms with Gasteiger partial charge in [0.25, 0.3) is 5.91 Å². The van der Waals surface area contributed by atoms with E-state index in [1.165, 1.54) is 10.5 Å². The average Bonchev–Trinajstić information content (AvgIpc) is 3.03. The molecule has 184 valence electrons. The van der Waals surface area contributed by atoms with Crippen LogP contribution in [-0.4, -0.2) is 22.9 Å². The highest BCUT2D eigenvalue weighted by atomic mass is 32.3. The molecule has 2 aliphatic heterocycles. The van der Waals surface area contributed by atoms with Crippen molar-refractivity contribution < 1.29 is 13.8 Å². The first-order chi connectivity index (χ1) is 16.6. The summed E-state index contributed by atoms with van der Waals surface area (Å²) in [7, 11) is -2.06. The van der Waals surface area contributed by atoms with Crippen LogP contribution in [0.15, 0.2) is 82.7 Å². The van der Waals surface area contributed by atoms with Crippen LogP contribution in [0.4, 0.5) is 5.82 Å². The minimum Gasteiger partial charge on any atom is -0.313 e. The van der Waals surface area contributed by atoms with Crippen molar-refractivity contribution in [1.82, 2.24) is 4.98 Å². The molecular weight excluding hydrogens is 456 g/mol. The predicted molar refractivity (Wildman–Crippen MR) is 142 cm³/mol. The van der Waals surface area contributed by atoms with Gasteiger partial charge in [-0.3, -0.25) is 9.59 Å². The highest BCUT2D eigenvalue weighted by Gasteiger charge is 2.63. The quantitative estimate of drug-likeness (QED) is 0.378. The number of imide groups is 1. The van der Waals surface area contributed by atoms with E-state index in [9.17, 15) is 9.59 Å². The van der Waals surface area contributed by atoms with Crippen molar-refractivity contribution in [2.24, 2.45) is 5.41 Å². The van der Waals surface area contributed by atoms with Crippen LogP contribution in [0.5, 0.6) is 0 Å². The highest BCUT2D eigenvalue weighted by molar-refractivity contribution is 8.31. The molecule has 1 saturated heterocycles. The van der Waals surface area contributed by atoms with E-state index in [0.29, 0.717) is 5.82 Å². The van der Waals surface area contributed by atoms with Crippen LogP contribution in [0.1, 0.15) is 52.7 Å². The Balaban J connectivity index is 0.00000141. The number of fused-ring (bicyclic) bond motifs is 1. The smallest absolute Gasteiger partial charge is 0.266 e. The van der Waals surface area contributed by atoms with E-state index < -0.39 is 21.8 Å². The number of carbonyl (C=O) groups is 2. The van der Waals surface area contributed by atoms with Crippen LogP contribution in [0.25, 0.3) is 0 Å². The molecule has 2 unspecified atom stereocenters. The van der Waals surface area contributed by atoms with E-state index in [2.05, 4.69) is 43.1 Å². The van der Waals surface area contributed by atoms with Gasteiger partial charge in [-0.2, -0.15) is 0 Å². The fourth-order valence-corrected chi connectivity index (χ4v) is 9.14. The fraction of sp³-hybridized carbons (Fsp3) is 0.345. The maximum Gasteiger partial charge on any atom is 0.266 e. The molecule has 0 radical (unpaired) electrons. The first kappa shape index (κ1) is 25.1. The molecule has 2 aromatic carbocycles. The Morgan fingerprint density at radius 3 is 2.14 bits per heavy atom. The molecule has 5 nitrogen and oxygen atoms in total. The number of aromatic nitrogens is 1. The zero-order chi connectivity index (χ0) is 25.6. The van der Waals surface area contributed by atoms with Crippen molar-refractivity contribution in [3.8, 4) is 0 Å². The van der Waals surface area contributed by atoms with Crippen molar-refractivity contribution in [3.05, 3.63) is 84.1 Å². The molecule has 5 rings (SSSR count). The Kier molecular flexibility index (Phi) is 6.41. The van der Waals surface area contributed by atoms with Gasteiger partial charge in [0, 0.05) is 16.0 Å². The van der Waals surface area contributed by atoms with Crippen LogP contribution in [0.3, 0.4) is 0 Å². The molecule has 2 aliphatic rings. The number of anilines is 1. The Hall–Kier alpha value is -2.96. The lowest BCUT2D eigenvalue weighted by Crippen LogP contribution is -2.44. The van der Waals surface area contributed by atoms with E-state index in [1.54, 1.807) is 26.1 Å².